The van der Waals surface area contributed by atoms with E-state index >= 15 is 0 Å². The first-order valence-electron chi connectivity index (χ1n) is 5.87. The molecule has 1 unspecified atom stereocenters. The summed E-state index contributed by atoms with van der Waals surface area (Å²) in [4.78, 5) is 0. The van der Waals surface area contributed by atoms with Gasteiger partial charge in [-0.15, -0.1) is 0 Å². The first kappa shape index (κ1) is 11.9. The van der Waals surface area contributed by atoms with E-state index in [9.17, 15) is 0 Å². The van der Waals surface area contributed by atoms with Crippen LogP contribution >= 0.6 is 0 Å². The average Bonchev–Trinajstić information content (AvgIpc) is 2.89. The summed E-state index contributed by atoms with van der Waals surface area (Å²) in [6.07, 6.45) is 3.45. The lowest BCUT2D eigenvalue weighted by Gasteiger charge is -2.15. The molecule has 0 bridgehead atoms. The van der Waals surface area contributed by atoms with Crippen molar-refractivity contribution in [3.05, 3.63) is 60.1 Å². The summed E-state index contributed by atoms with van der Waals surface area (Å²) in [6, 6.07) is 12.3. The Hall–Kier alpha value is -1.58. The quantitative estimate of drug-likeness (QED) is 0.799. The van der Waals surface area contributed by atoms with Crippen molar-refractivity contribution < 1.29 is 4.42 Å². The predicted molar refractivity (Wildman–Crippen MR) is 68.7 cm³/mol. The minimum absolute atomic E-state index is 0.364. The third-order valence-corrected chi connectivity index (χ3v) is 2.86. The zero-order chi connectivity index (χ0) is 11.9. The Morgan fingerprint density at radius 2 is 2.00 bits per heavy atom. The standard InChI is InChI=1S/C14H18N2O/c15-8-14(13-4-2-1-3-5-13)10-16-9-12-6-7-17-11-12/h1-7,11,14,16H,8-10,15H2. The molecule has 0 radical (unpaired) electrons. The third-order valence-electron chi connectivity index (χ3n) is 2.86. The smallest absolute Gasteiger partial charge is 0.0947 e. The molecular weight excluding hydrogens is 212 g/mol. The molecule has 1 heterocycles. The van der Waals surface area contributed by atoms with Crippen LogP contribution in [0.15, 0.2) is 53.3 Å². The molecule has 3 heteroatoms. The maximum atomic E-state index is 5.81. The van der Waals surface area contributed by atoms with Crippen LogP contribution in [-0.2, 0) is 6.54 Å². The highest BCUT2D eigenvalue weighted by atomic mass is 16.3. The monoisotopic (exact) mass is 230 g/mol. The van der Waals surface area contributed by atoms with Gasteiger partial charge in [-0.1, -0.05) is 30.3 Å². The van der Waals surface area contributed by atoms with Crippen LogP contribution in [0.2, 0.25) is 0 Å². The average molecular weight is 230 g/mol. The Balaban J connectivity index is 1.84. The van der Waals surface area contributed by atoms with Gasteiger partial charge in [0, 0.05) is 31.1 Å². The summed E-state index contributed by atoms with van der Waals surface area (Å²) in [6.45, 7) is 2.36. The second-order valence-electron chi connectivity index (χ2n) is 4.11. The summed E-state index contributed by atoms with van der Waals surface area (Å²) in [5.74, 6) is 0.364. The first-order chi connectivity index (χ1) is 8.40. The zero-order valence-electron chi connectivity index (χ0n) is 9.80. The van der Waals surface area contributed by atoms with Crippen molar-refractivity contribution in [2.75, 3.05) is 13.1 Å². The molecule has 2 aromatic rings. The largest absolute Gasteiger partial charge is 0.472 e. The van der Waals surface area contributed by atoms with Crippen LogP contribution in [0.5, 0.6) is 0 Å². The van der Waals surface area contributed by atoms with E-state index < -0.39 is 0 Å². The summed E-state index contributed by atoms with van der Waals surface area (Å²) in [7, 11) is 0. The molecule has 3 nitrogen and oxygen atoms in total. The van der Waals surface area contributed by atoms with Gasteiger partial charge in [-0.05, 0) is 11.6 Å². The minimum atomic E-state index is 0.364. The van der Waals surface area contributed by atoms with Gasteiger partial charge in [-0.25, -0.2) is 0 Å². The molecule has 0 fully saturated rings. The molecule has 0 aliphatic heterocycles. The molecule has 0 aliphatic carbocycles. The maximum absolute atomic E-state index is 5.81. The molecule has 2 rings (SSSR count). The lowest BCUT2D eigenvalue weighted by atomic mass is 9.99. The van der Waals surface area contributed by atoms with Gasteiger partial charge in [0.15, 0.2) is 0 Å². The van der Waals surface area contributed by atoms with Crippen LogP contribution in [0.3, 0.4) is 0 Å². The normalized spacial score (nSPS) is 12.5. The first-order valence-corrected chi connectivity index (χ1v) is 5.87. The summed E-state index contributed by atoms with van der Waals surface area (Å²) in [5.41, 5.74) is 8.25. The second kappa shape index (κ2) is 6.23. The fourth-order valence-electron chi connectivity index (χ4n) is 1.85. The highest BCUT2D eigenvalue weighted by molar-refractivity contribution is 5.20. The van der Waals surface area contributed by atoms with Crippen molar-refractivity contribution in [2.24, 2.45) is 5.73 Å². The van der Waals surface area contributed by atoms with Gasteiger partial charge in [0.05, 0.1) is 12.5 Å². The number of nitrogens with one attached hydrogen (secondary N) is 1. The molecule has 0 amide bonds. The fraction of sp³-hybridized carbons (Fsp3) is 0.286. The van der Waals surface area contributed by atoms with E-state index in [4.69, 9.17) is 10.2 Å². The SMILES string of the molecule is NCC(CNCc1ccoc1)c1ccccc1. The van der Waals surface area contributed by atoms with Gasteiger partial charge < -0.3 is 15.5 Å². The van der Waals surface area contributed by atoms with Gasteiger partial charge in [0.25, 0.3) is 0 Å². The molecule has 17 heavy (non-hydrogen) atoms. The molecule has 0 aliphatic rings. The number of furan rings is 1. The van der Waals surface area contributed by atoms with Crippen LogP contribution in [0.4, 0.5) is 0 Å². The Bertz CT molecular complexity index is 411. The van der Waals surface area contributed by atoms with Gasteiger partial charge in [0.2, 0.25) is 0 Å². The second-order valence-corrected chi connectivity index (χ2v) is 4.11. The topological polar surface area (TPSA) is 51.2 Å². The molecule has 0 spiro atoms. The molecule has 0 saturated heterocycles. The van der Waals surface area contributed by atoms with E-state index in [1.807, 2.05) is 24.3 Å². The van der Waals surface area contributed by atoms with E-state index in [0.29, 0.717) is 12.5 Å². The highest BCUT2D eigenvalue weighted by Crippen LogP contribution is 2.13. The fourth-order valence-corrected chi connectivity index (χ4v) is 1.85. The van der Waals surface area contributed by atoms with Gasteiger partial charge >= 0.3 is 0 Å². The van der Waals surface area contributed by atoms with Gasteiger partial charge in [-0.3, -0.25) is 0 Å². The Morgan fingerprint density at radius 3 is 2.65 bits per heavy atom. The van der Waals surface area contributed by atoms with Crippen LogP contribution in [0, 0.1) is 0 Å². The summed E-state index contributed by atoms with van der Waals surface area (Å²) < 4.78 is 5.02. The van der Waals surface area contributed by atoms with Crippen LogP contribution in [-0.4, -0.2) is 13.1 Å². The van der Waals surface area contributed by atoms with Gasteiger partial charge in [-0.2, -0.15) is 0 Å². The van der Waals surface area contributed by atoms with Crippen molar-refractivity contribution in [1.29, 1.82) is 0 Å². The Kier molecular flexibility index (Phi) is 4.36. The summed E-state index contributed by atoms with van der Waals surface area (Å²) in [5, 5.41) is 3.40. The van der Waals surface area contributed by atoms with E-state index in [1.165, 1.54) is 5.56 Å². The molecule has 1 atom stereocenters. The maximum Gasteiger partial charge on any atom is 0.0947 e. The van der Waals surface area contributed by atoms with E-state index in [1.54, 1.807) is 12.5 Å². The van der Waals surface area contributed by atoms with Crippen molar-refractivity contribution in [3.8, 4) is 0 Å². The lowest BCUT2D eigenvalue weighted by Crippen LogP contribution is -2.26. The molecular formula is C14H18N2O. The van der Waals surface area contributed by atoms with E-state index in [2.05, 4.69) is 17.4 Å². The molecule has 90 valence electrons. The van der Waals surface area contributed by atoms with Crippen molar-refractivity contribution >= 4 is 0 Å². The molecule has 1 aromatic carbocycles. The van der Waals surface area contributed by atoms with Crippen molar-refractivity contribution in [3.63, 3.8) is 0 Å². The molecule has 1 aromatic heterocycles. The number of hydrogen-bond acceptors (Lipinski definition) is 3. The third kappa shape index (κ3) is 3.44. The number of rotatable bonds is 6. The lowest BCUT2D eigenvalue weighted by molar-refractivity contribution is 0.554. The highest BCUT2D eigenvalue weighted by Gasteiger charge is 2.08. The van der Waals surface area contributed by atoms with E-state index in [0.717, 1.165) is 18.7 Å². The summed E-state index contributed by atoms with van der Waals surface area (Å²) >= 11 is 0. The zero-order valence-corrected chi connectivity index (χ0v) is 9.80. The van der Waals surface area contributed by atoms with Crippen molar-refractivity contribution in [2.45, 2.75) is 12.5 Å². The van der Waals surface area contributed by atoms with Crippen molar-refractivity contribution in [1.82, 2.24) is 5.32 Å². The molecule has 0 saturated carbocycles. The number of nitrogens with two attached hydrogens (primary N) is 1. The van der Waals surface area contributed by atoms with E-state index in [-0.39, 0.29) is 0 Å². The number of hydrogen-bond donors (Lipinski definition) is 2. The predicted octanol–water partition coefficient (Wildman–Crippen LogP) is 2.11. The molecule has 3 N–H and O–H groups in total. The Labute approximate surface area is 102 Å². The number of benzene rings is 1. The minimum Gasteiger partial charge on any atom is -0.472 e. The Morgan fingerprint density at radius 1 is 1.18 bits per heavy atom. The van der Waals surface area contributed by atoms with Crippen LogP contribution in [0.1, 0.15) is 17.0 Å². The van der Waals surface area contributed by atoms with Gasteiger partial charge in [0.1, 0.15) is 0 Å². The van der Waals surface area contributed by atoms with Crippen LogP contribution < -0.4 is 11.1 Å². The van der Waals surface area contributed by atoms with Crippen LogP contribution in [0.25, 0.3) is 0 Å².